The number of carbonyl (C=O) groups is 3. The Morgan fingerprint density at radius 1 is 1.12 bits per heavy atom. The minimum absolute atomic E-state index is 0.0683. The van der Waals surface area contributed by atoms with Gasteiger partial charge in [-0.05, 0) is 116 Å². The van der Waals surface area contributed by atoms with Crippen LogP contribution in [0, 0.1) is 52.3 Å². The highest BCUT2D eigenvalue weighted by atomic mass is 32.2. The van der Waals surface area contributed by atoms with Gasteiger partial charge in [0, 0.05) is 18.8 Å². The standard InChI is InChI=1S/C33H53NO5S/c1-19(30(36)34-26(13-16-40-6)31(37)38-5)7-10-27-20(2)29-28(39-27)18-25-23-9-8-21-17-22(35)11-14-32(21,3)24(23)12-15-33(25,29)4/h19-21,23-29H,7-18H2,1-6H3,(H,34,36)/t19-,20+,21+,23+,24-,25-,26?,27+,28-,29-,32-,33-/m0/s1. The molecule has 1 aliphatic heterocycles. The van der Waals surface area contributed by atoms with Crippen LogP contribution >= 0.6 is 11.8 Å². The van der Waals surface area contributed by atoms with Crippen LogP contribution in [0.2, 0.25) is 0 Å². The number of hydrogen-bond acceptors (Lipinski definition) is 6. The zero-order valence-electron chi connectivity index (χ0n) is 25.7. The maximum Gasteiger partial charge on any atom is 0.328 e. The highest BCUT2D eigenvalue weighted by Gasteiger charge is 2.65. The lowest BCUT2D eigenvalue weighted by molar-refractivity contribution is -0.145. The van der Waals surface area contributed by atoms with Crippen molar-refractivity contribution < 1.29 is 23.9 Å². The molecule has 1 amide bonds. The van der Waals surface area contributed by atoms with E-state index in [-0.39, 0.29) is 23.9 Å². The molecule has 4 saturated carbocycles. The number of hydrogen-bond donors (Lipinski definition) is 1. The fourth-order valence-corrected chi connectivity index (χ4v) is 11.0. The lowest BCUT2D eigenvalue weighted by Crippen LogP contribution is -2.54. The average Bonchev–Trinajstić information content (AvgIpc) is 3.42. The molecule has 5 rings (SSSR count). The maximum absolute atomic E-state index is 13.0. The first-order valence-electron chi connectivity index (χ1n) is 16.1. The van der Waals surface area contributed by atoms with Gasteiger partial charge >= 0.3 is 5.97 Å². The van der Waals surface area contributed by atoms with Gasteiger partial charge in [-0.3, -0.25) is 9.59 Å². The third-order valence-electron chi connectivity index (χ3n) is 12.8. The molecular weight excluding hydrogens is 522 g/mol. The van der Waals surface area contributed by atoms with Crippen LogP contribution in [0.1, 0.15) is 98.3 Å². The SMILES string of the molecule is COC(=O)C(CCSC)NC(=O)[C@@H](C)CC[C@H]1O[C@H]2C[C@H]3[C@@H]4CC[C@@H]5CC(=O)CC[C@]5(C)[C@H]4CC[C@]3(C)[C@H]2[C@@H]1C. The fraction of sp³-hybridized carbons (Fsp3) is 0.909. The van der Waals surface area contributed by atoms with Crippen LogP contribution in [0.25, 0.3) is 0 Å². The first-order chi connectivity index (χ1) is 19.0. The van der Waals surface area contributed by atoms with Crippen LogP contribution in [0.5, 0.6) is 0 Å². The quantitative estimate of drug-likeness (QED) is 0.337. The van der Waals surface area contributed by atoms with Gasteiger partial charge in [0.05, 0.1) is 19.3 Å². The second kappa shape index (κ2) is 11.9. The number of carbonyl (C=O) groups excluding carboxylic acids is 3. The summed E-state index contributed by atoms with van der Waals surface area (Å²) in [5.74, 6) is 4.67. The molecule has 6 nitrogen and oxygen atoms in total. The molecule has 4 aliphatic carbocycles. The molecule has 0 aromatic carbocycles. The van der Waals surface area contributed by atoms with E-state index in [0.717, 1.165) is 55.6 Å². The monoisotopic (exact) mass is 575 g/mol. The third-order valence-corrected chi connectivity index (χ3v) is 13.5. The van der Waals surface area contributed by atoms with Gasteiger partial charge < -0.3 is 14.8 Å². The first-order valence-corrected chi connectivity index (χ1v) is 17.5. The molecule has 5 aliphatic rings. The van der Waals surface area contributed by atoms with Crippen molar-refractivity contribution in [3.63, 3.8) is 0 Å². The zero-order chi connectivity index (χ0) is 28.8. The molecule has 12 atom stereocenters. The lowest BCUT2D eigenvalue weighted by Gasteiger charge is -2.60. The molecular formula is C33H53NO5S. The van der Waals surface area contributed by atoms with E-state index in [1.54, 1.807) is 11.8 Å². The van der Waals surface area contributed by atoms with Crippen molar-refractivity contribution in [3.05, 3.63) is 0 Å². The Kier molecular flexibility index (Phi) is 9.03. The van der Waals surface area contributed by atoms with Crippen molar-refractivity contribution in [1.82, 2.24) is 5.32 Å². The molecule has 0 aromatic rings. The summed E-state index contributed by atoms with van der Waals surface area (Å²) in [6.45, 7) is 9.48. The van der Waals surface area contributed by atoms with Gasteiger partial charge in [-0.2, -0.15) is 11.8 Å². The van der Waals surface area contributed by atoms with E-state index in [4.69, 9.17) is 9.47 Å². The van der Waals surface area contributed by atoms with E-state index >= 15 is 0 Å². The number of amides is 1. The first kappa shape index (κ1) is 30.4. The summed E-state index contributed by atoms with van der Waals surface area (Å²) in [4.78, 5) is 37.4. The Bertz CT molecular complexity index is 972. The fourth-order valence-electron chi connectivity index (χ4n) is 10.5. The number of thioether (sulfide) groups is 1. The number of ether oxygens (including phenoxy) is 2. The number of rotatable bonds is 9. The van der Waals surface area contributed by atoms with Crippen molar-refractivity contribution >= 4 is 29.4 Å². The average molecular weight is 576 g/mol. The summed E-state index contributed by atoms with van der Waals surface area (Å²) in [5.41, 5.74) is 0.686. The number of fused-ring (bicyclic) bond motifs is 7. The Balaban J connectivity index is 1.18. The summed E-state index contributed by atoms with van der Waals surface area (Å²) >= 11 is 1.66. The number of ketones is 1. The Labute approximate surface area is 246 Å². The maximum atomic E-state index is 13.0. The highest BCUT2D eigenvalue weighted by molar-refractivity contribution is 7.98. The summed E-state index contributed by atoms with van der Waals surface area (Å²) in [5, 5.41) is 2.94. The van der Waals surface area contributed by atoms with Gasteiger partial charge in [0.25, 0.3) is 0 Å². The molecule has 1 unspecified atom stereocenters. The smallest absolute Gasteiger partial charge is 0.328 e. The van der Waals surface area contributed by atoms with Crippen molar-refractivity contribution in [2.75, 3.05) is 19.1 Å². The van der Waals surface area contributed by atoms with Crippen LogP contribution in [0.15, 0.2) is 0 Å². The van der Waals surface area contributed by atoms with Crippen LogP contribution in [0.4, 0.5) is 0 Å². The van der Waals surface area contributed by atoms with Gasteiger partial charge in [-0.1, -0.05) is 27.7 Å². The summed E-state index contributed by atoms with van der Waals surface area (Å²) in [6, 6.07) is -0.577. The van der Waals surface area contributed by atoms with Crippen molar-refractivity contribution in [2.45, 2.75) is 117 Å². The van der Waals surface area contributed by atoms with E-state index in [9.17, 15) is 14.4 Å². The molecule has 0 spiro atoms. The van der Waals surface area contributed by atoms with Gasteiger partial charge in [0.1, 0.15) is 11.8 Å². The number of esters is 1. The van der Waals surface area contributed by atoms with Crippen molar-refractivity contribution in [2.24, 2.45) is 52.3 Å². The molecule has 1 heterocycles. The summed E-state index contributed by atoms with van der Waals surface area (Å²) in [7, 11) is 1.38. The highest BCUT2D eigenvalue weighted by Crippen LogP contribution is 2.69. The van der Waals surface area contributed by atoms with Crippen molar-refractivity contribution in [1.29, 1.82) is 0 Å². The normalized spacial score (nSPS) is 43.6. The Morgan fingerprint density at radius 3 is 2.62 bits per heavy atom. The molecule has 226 valence electrons. The van der Waals surface area contributed by atoms with Crippen LogP contribution in [-0.4, -0.2) is 55.0 Å². The largest absolute Gasteiger partial charge is 0.467 e. The predicted octanol–water partition coefficient (Wildman–Crippen LogP) is 6.06. The van der Waals surface area contributed by atoms with Crippen LogP contribution < -0.4 is 5.32 Å². The summed E-state index contributed by atoms with van der Waals surface area (Å²) < 4.78 is 11.8. The number of methoxy groups -OCH3 is 1. The van der Waals surface area contributed by atoms with E-state index in [1.165, 1.54) is 39.2 Å². The molecule has 0 aromatic heterocycles. The molecule has 0 radical (unpaired) electrons. The van der Waals surface area contributed by atoms with Crippen LogP contribution in [-0.2, 0) is 23.9 Å². The minimum Gasteiger partial charge on any atom is -0.467 e. The number of Topliss-reactive ketones (excluding diaryl/α,β-unsaturated/α-hetero) is 1. The van der Waals surface area contributed by atoms with Gasteiger partial charge in [-0.25, -0.2) is 4.79 Å². The van der Waals surface area contributed by atoms with Crippen LogP contribution in [0.3, 0.4) is 0 Å². The number of nitrogens with one attached hydrogen (secondary N) is 1. The van der Waals surface area contributed by atoms with Gasteiger partial charge in [0.15, 0.2) is 0 Å². The molecule has 0 bridgehead atoms. The second-order valence-electron chi connectivity index (χ2n) is 14.6. The topological polar surface area (TPSA) is 81.7 Å². The molecule has 1 N–H and O–H groups in total. The molecule has 40 heavy (non-hydrogen) atoms. The second-order valence-corrected chi connectivity index (χ2v) is 15.6. The predicted molar refractivity (Wildman–Crippen MR) is 159 cm³/mol. The van der Waals surface area contributed by atoms with Gasteiger partial charge in [-0.15, -0.1) is 0 Å². The van der Waals surface area contributed by atoms with E-state index in [1.807, 2.05) is 13.2 Å². The Morgan fingerprint density at radius 2 is 1.90 bits per heavy atom. The molecule has 5 fully saturated rings. The third kappa shape index (κ3) is 5.29. The molecule has 7 heteroatoms. The summed E-state index contributed by atoms with van der Waals surface area (Å²) in [6.07, 6.45) is 13.8. The Hall–Kier alpha value is -1.08. The zero-order valence-corrected chi connectivity index (χ0v) is 26.5. The molecule has 1 saturated heterocycles. The van der Waals surface area contributed by atoms with E-state index in [0.29, 0.717) is 46.9 Å². The van der Waals surface area contributed by atoms with E-state index < -0.39 is 6.04 Å². The lowest BCUT2D eigenvalue weighted by atomic mass is 9.44. The van der Waals surface area contributed by atoms with Crippen molar-refractivity contribution in [3.8, 4) is 0 Å². The van der Waals surface area contributed by atoms with E-state index in [2.05, 4.69) is 26.1 Å². The van der Waals surface area contributed by atoms with Gasteiger partial charge in [0.2, 0.25) is 5.91 Å². The minimum atomic E-state index is -0.577.